The van der Waals surface area contributed by atoms with Crippen LogP contribution in [0.25, 0.3) is 0 Å². The molecule has 0 aromatic heterocycles. The van der Waals surface area contributed by atoms with E-state index in [9.17, 15) is 14.7 Å². The molecular weight excluding hydrogens is 260 g/mol. The summed E-state index contributed by atoms with van der Waals surface area (Å²) in [5.41, 5.74) is 5.44. The second kappa shape index (κ2) is 7.49. The summed E-state index contributed by atoms with van der Waals surface area (Å²) in [6.45, 7) is 3.31. The van der Waals surface area contributed by atoms with E-state index < -0.39 is 12.0 Å². The van der Waals surface area contributed by atoms with E-state index in [2.05, 4.69) is 5.32 Å². The second-order valence-electron chi connectivity index (χ2n) is 4.74. The molecule has 1 aromatic carbocycles. The summed E-state index contributed by atoms with van der Waals surface area (Å²) in [6.07, 6.45) is 0.0285. The lowest BCUT2D eigenvalue weighted by Gasteiger charge is -2.15. The van der Waals surface area contributed by atoms with Crippen LogP contribution in [0.15, 0.2) is 24.3 Å². The van der Waals surface area contributed by atoms with E-state index in [0.717, 1.165) is 0 Å². The summed E-state index contributed by atoms with van der Waals surface area (Å²) < 4.78 is 5.10. The van der Waals surface area contributed by atoms with Crippen LogP contribution in [-0.4, -0.2) is 35.7 Å². The number of nitrogens with one attached hydrogen (secondary N) is 1. The smallest absolute Gasteiger partial charge is 0.255 e. The minimum Gasteiger partial charge on any atom is -0.484 e. The van der Waals surface area contributed by atoms with Gasteiger partial charge in [-0.05, 0) is 44.5 Å². The van der Waals surface area contributed by atoms with Gasteiger partial charge >= 0.3 is 0 Å². The molecular formula is C14H20N2O4. The quantitative estimate of drug-likeness (QED) is 0.674. The molecule has 1 rings (SSSR count). The van der Waals surface area contributed by atoms with Crippen LogP contribution in [0.5, 0.6) is 5.75 Å². The van der Waals surface area contributed by atoms with Crippen LogP contribution in [0.2, 0.25) is 0 Å². The number of amides is 2. The summed E-state index contributed by atoms with van der Waals surface area (Å²) in [5.74, 6) is -0.309. The first-order valence-electron chi connectivity index (χ1n) is 6.38. The zero-order chi connectivity index (χ0) is 15.1. The zero-order valence-electron chi connectivity index (χ0n) is 11.6. The van der Waals surface area contributed by atoms with Crippen LogP contribution >= 0.6 is 0 Å². The number of aliphatic hydroxyl groups is 1. The standard InChI is InChI=1S/C14H20N2O4/c1-9(7-10(2)17)16-14(19)11-3-5-12(6-4-11)20-8-13(15)18/h3-6,9-10,17H,7-8H2,1-2H3,(H2,15,18)(H,16,19). The van der Waals surface area contributed by atoms with Gasteiger partial charge in [-0.3, -0.25) is 9.59 Å². The lowest BCUT2D eigenvalue weighted by Crippen LogP contribution is -2.34. The van der Waals surface area contributed by atoms with Crippen molar-refractivity contribution < 1.29 is 19.4 Å². The highest BCUT2D eigenvalue weighted by Gasteiger charge is 2.11. The van der Waals surface area contributed by atoms with Gasteiger partial charge in [0.05, 0.1) is 6.10 Å². The van der Waals surface area contributed by atoms with E-state index >= 15 is 0 Å². The average Bonchev–Trinajstić information content (AvgIpc) is 2.35. The Morgan fingerprint density at radius 2 is 1.90 bits per heavy atom. The highest BCUT2D eigenvalue weighted by molar-refractivity contribution is 5.94. The van der Waals surface area contributed by atoms with Gasteiger partial charge in [0.1, 0.15) is 5.75 Å². The lowest BCUT2D eigenvalue weighted by atomic mass is 10.1. The molecule has 6 heteroatoms. The van der Waals surface area contributed by atoms with Crippen LogP contribution in [0, 0.1) is 0 Å². The van der Waals surface area contributed by atoms with Gasteiger partial charge in [0.25, 0.3) is 11.8 Å². The summed E-state index contributed by atoms with van der Waals surface area (Å²) in [4.78, 5) is 22.5. The average molecular weight is 280 g/mol. The topological polar surface area (TPSA) is 102 Å². The largest absolute Gasteiger partial charge is 0.484 e. The highest BCUT2D eigenvalue weighted by atomic mass is 16.5. The minimum absolute atomic E-state index is 0.117. The van der Waals surface area contributed by atoms with E-state index in [1.54, 1.807) is 31.2 Å². The Labute approximate surface area is 117 Å². The van der Waals surface area contributed by atoms with Gasteiger partial charge in [0, 0.05) is 11.6 Å². The molecule has 20 heavy (non-hydrogen) atoms. The molecule has 2 amide bonds. The van der Waals surface area contributed by atoms with Gasteiger partial charge in [-0.25, -0.2) is 0 Å². The Balaban J connectivity index is 2.55. The Hall–Kier alpha value is -2.08. The molecule has 0 aliphatic carbocycles. The maximum Gasteiger partial charge on any atom is 0.255 e. The van der Waals surface area contributed by atoms with Crippen molar-refractivity contribution in [2.75, 3.05) is 6.61 Å². The van der Waals surface area contributed by atoms with Crippen molar-refractivity contribution in [1.82, 2.24) is 5.32 Å². The molecule has 1 aromatic rings. The van der Waals surface area contributed by atoms with E-state index in [4.69, 9.17) is 10.5 Å². The van der Waals surface area contributed by atoms with E-state index in [1.165, 1.54) is 0 Å². The zero-order valence-corrected chi connectivity index (χ0v) is 11.6. The van der Waals surface area contributed by atoms with E-state index in [1.807, 2.05) is 6.92 Å². The Bertz CT molecular complexity index is 457. The number of hydrogen-bond acceptors (Lipinski definition) is 4. The third-order valence-electron chi connectivity index (χ3n) is 2.57. The first-order valence-corrected chi connectivity index (χ1v) is 6.38. The summed E-state index contributed by atoms with van der Waals surface area (Å²) >= 11 is 0. The van der Waals surface area contributed by atoms with Crippen molar-refractivity contribution in [2.24, 2.45) is 5.73 Å². The molecule has 2 unspecified atom stereocenters. The molecule has 0 fully saturated rings. The van der Waals surface area contributed by atoms with Crippen LogP contribution < -0.4 is 15.8 Å². The SMILES string of the molecule is CC(O)CC(C)NC(=O)c1ccc(OCC(N)=O)cc1. The van der Waals surface area contributed by atoms with E-state index in [-0.39, 0.29) is 18.6 Å². The first kappa shape index (κ1) is 16.0. The van der Waals surface area contributed by atoms with Crippen LogP contribution in [0.1, 0.15) is 30.6 Å². The first-order chi connectivity index (χ1) is 9.38. The van der Waals surface area contributed by atoms with Gasteiger partial charge in [0.15, 0.2) is 6.61 Å². The Morgan fingerprint density at radius 3 is 2.40 bits per heavy atom. The fourth-order valence-corrected chi connectivity index (χ4v) is 1.73. The Kier molecular flexibility index (Phi) is 5.99. The number of carbonyl (C=O) groups excluding carboxylic acids is 2. The number of aliphatic hydroxyl groups excluding tert-OH is 1. The molecule has 0 aliphatic heterocycles. The monoisotopic (exact) mass is 280 g/mol. The maximum absolute atomic E-state index is 11.9. The van der Waals surface area contributed by atoms with Gasteiger partial charge < -0.3 is 20.9 Å². The number of hydrogen-bond donors (Lipinski definition) is 3. The predicted octanol–water partition coefficient (Wildman–Crippen LogP) is 0.440. The van der Waals surface area contributed by atoms with Gasteiger partial charge in [-0.1, -0.05) is 0 Å². The number of carbonyl (C=O) groups is 2. The number of nitrogens with two attached hydrogens (primary N) is 1. The molecule has 0 aliphatic rings. The molecule has 2 atom stereocenters. The highest BCUT2D eigenvalue weighted by Crippen LogP contribution is 2.12. The van der Waals surface area contributed by atoms with E-state index in [0.29, 0.717) is 17.7 Å². The number of primary amides is 1. The predicted molar refractivity (Wildman–Crippen MR) is 74.4 cm³/mol. The van der Waals surface area contributed by atoms with Crippen LogP contribution in [-0.2, 0) is 4.79 Å². The summed E-state index contributed by atoms with van der Waals surface area (Å²) in [7, 11) is 0. The molecule has 0 saturated carbocycles. The van der Waals surface area contributed by atoms with Gasteiger partial charge in [-0.15, -0.1) is 0 Å². The van der Waals surface area contributed by atoms with Crippen molar-refractivity contribution >= 4 is 11.8 Å². The molecule has 4 N–H and O–H groups in total. The van der Waals surface area contributed by atoms with Crippen LogP contribution in [0.4, 0.5) is 0 Å². The van der Waals surface area contributed by atoms with Crippen molar-refractivity contribution in [3.05, 3.63) is 29.8 Å². The summed E-state index contributed by atoms with van der Waals surface area (Å²) in [6, 6.07) is 6.27. The van der Waals surface area contributed by atoms with Crippen molar-refractivity contribution in [3.63, 3.8) is 0 Å². The molecule has 0 saturated heterocycles. The fraction of sp³-hybridized carbons (Fsp3) is 0.429. The molecule has 0 heterocycles. The second-order valence-corrected chi connectivity index (χ2v) is 4.74. The van der Waals surface area contributed by atoms with Crippen molar-refractivity contribution in [2.45, 2.75) is 32.4 Å². The fourth-order valence-electron chi connectivity index (χ4n) is 1.73. The third-order valence-corrected chi connectivity index (χ3v) is 2.57. The number of ether oxygens (including phenoxy) is 1. The van der Waals surface area contributed by atoms with Gasteiger partial charge in [-0.2, -0.15) is 0 Å². The normalized spacial score (nSPS) is 13.3. The molecule has 110 valence electrons. The molecule has 0 spiro atoms. The third kappa shape index (κ3) is 5.71. The lowest BCUT2D eigenvalue weighted by molar-refractivity contribution is -0.119. The van der Waals surface area contributed by atoms with Gasteiger partial charge in [0.2, 0.25) is 0 Å². The number of rotatable bonds is 7. The molecule has 0 radical (unpaired) electrons. The van der Waals surface area contributed by atoms with Crippen molar-refractivity contribution in [1.29, 1.82) is 0 Å². The molecule has 0 bridgehead atoms. The summed E-state index contributed by atoms with van der Waals surface area (Å²) in [5, 5.41) is 12.0. The minimum atomic E-state index is -0.557. The van der Waals surface area contributed by atoms with Crippen molar-refractivity contribution in [3.8, 4) is 5.75 Å². The Morgan fingerprint density at radius 1 is 1.30 bits per heavy atom. The van der Waals surface area contributed by atoms with Crippen LogP contribution in [0.3, 0.4) is 0 Å². The number of benzene rings is 1. The molecule has 6 nitrogen and oxygen atoms in total. The maximum atomic E-state index is 11.9.